The van der Waals surface area contributed by atoms with Gasteiger partial charge in [0.05, 0.1) is 23.7 Å². The number of carbonyl (C=O) groups excluding carboxylic acids is 1. The van der Waals surface area contributed by atoms with Crippen molar-refractivity contribution in [1.82, 2.24) is 19.9 Å². The highest BCUT2D eigenvalue weighted by Gasteiger charge is 2.25. The highest BCUT2D eigenvalue weighted by atomic mass is 32.2. The molecule has 0 aliphatic rings. The number of amides is 1. The monoisotopic (exact) mass is 688 g/mol. The summed E-state index contributed by atoms with van der Waals surface area (Å²) in [7, 11) is -4.07. The van der Waals surface area contributed by atoms with Crippen LogP contribution in [0.25, 0.3) is 11.1 Å². The van der Waals surface area contributed by atoms with Crippen molar-refractivity contribution in [3.63, 3.8) is 0 Å². The predicted octanol–water partition coefficient (Wildman–Crippen LogP) is 6.10. The maximum absolute atomic E-state index is 14.0. The number of anilines is 2. The van der Waals surface area contributed by atoms with Crippen molar-refractivity contribution in [3.05, 3.63) is 104 Å². The average molecular weight is 689 g/mol. The summed E-state index contributed by atoms with van der Waals surface area (Å²) in [6.07, 6.45) is 2.24. The Kier molecular flexibility index (Phi) is 10.8. The van der Waals surface area contributed by atoms with Crippen molar-refractivity contribution in [1.29, 1.82) is 0 Å². The molecule has 3 heterocycles. The van der Waals surface area contributed by atoms with Gasteiger partial charge in [-0.05, 0) is 63.8 Å². The number of aryl methyl sites for hydroxylation is 4. The van der Waals surface area contributed by atoms with Crippen molar-refractivity contribution < 1.29 is 27.0 Å². The van der Waals surface area contributed by atoms with E-state index < -0.39 is 21.5 Å². The number of aromatic nitrogens is 4. The molecule has 0 aliphatic carbocycles. The second-order valence-corrected chi connectivity index (χ2v) is 13.4. The molecule has 1 amide bonds. The third-order valence-corrected chi connectivity index (χ3v) is 9.50. The third-order valence-electron chi connectivity index (χ3n) is 8.11. The minimum Gasteiger partial charge on any atom is -0.377 e. The molecule has 5 rings (SSSR count). The molecule has 0 aliphatic heterocycles. The van der Waals surface area contributed by atoms with E-state index in [1.54, 1.807) is 52.0 Å². The van der Waals surface area contributed by atoms with Gasteiger partial charge in [-0.25, -0.2) is 13.4 Å². The van der Waals surface area contributed by atoms with Crippen LogP contribution >= 0.6 is 0 Å². The van der Waals surface area contributed by atoms with Crippen LogP contribution in [-0.2, 0) is 34.3 Å². The van der Waals surface area contributed by atoms with Crippen LogP contribution in [0.2, 0.25) is 0 Å². The summed E-state index contributed by atoms with van der Waals surface area (Å²) in [6, 6.07) is 13.8. The molecule has 0 spiro atoms. The Hall–Kier alpha value is -5.08. The highest BCUT2D eigenvalue weighted by Crippen LogP contribution is 2.33. The van der Waals surface area contributed by atoms with Gasteiger partial charge in [0.15, 0.2) is 11.6 Å². The number of carbonyl (C=O) groups is 1. The molecule has 0 bridgehead atoms. The van der Waals surface area contributed by atoms with Gasteiger partial charge in [0.1, 0.15) is 22.9 Å². The molecule has 2 aromatic carbocycles. The largest absolute Gasteiger partial charge is 0.377 e. The number of nitrogens with zero attached hydrogens (tertiary/aromatic N) is 4. The summed E-state index contributed by atoms with van der Waals surface area (Å²) < 4.78 is 47.4. The van der Waals surface area contributed by atoms with E-state index in [1.165, 1.54) is 10.6 Å². The maximum atomic E-state index is 14.0. The lowest BCUT2D eigenvalue weighted by molar-refractivity contribution is 0.102. The zero-order valence-corrected chi connectivity index (χ0v) is 29.2. The van der Waals surface area contributed by atoms with E-state index in [-0.39, 0.29) is 35.2 Å². The Labute approximate surface area is 284 Å². The lowest BCUT2D eigenvalue weighted by Gasteiger charge is -2.18. The number of ether oxygens (including phenoxy) is 1. The van der Waals surface area contributed by atoms with Crippen LogP contribution in [0.3, 0.4) is 0 Å². The Morgan fingerprint density at radius 1 is 0.980 bits per heavy atom. The van der Waals surface area contributed by atoms with Gasteiger partial charge in [0.25, 0.3) is 21.5 Å². The standard InChI is InChI=1S/C35H40N6O7S/c1-7-9-14-31-36-23(5)32(34(42)37-30-17-21(3)47-38-30)35(43)41(31)19-25-15-16-27(26(18-25)20-46-8-2)28-12-10-11-13-29(28)49(44,45)40-33-22(4)24(6)48-39-33/h10-13,15-18H,7-9,14,19-20H2,1-6H3,(H,39,40)(H,37,38,42). The van der Waals surface area contributed by atoms with Crippen LogP contribution < -0.4 is 15.6 Å². The van der Waals surface area contributed by atoms with Crippen LogP contribution in [0.1, 0.15) is 76.8 Å². The minimum atomic E-state index is -4.07. The molecule has 5 aromatic rings. The summed E-state index contributed by atoms with van der Waals surface area (Å²) in [5, 5.41) is 10.3. The summed E-state index contributed by atoms with van der Waals surface area (Å²) >= 11 is 0. The molecule has 13 nitrogen and oxygen atoms in total. The van der Waals surface area contributed by atoms with Gasteiger partial charge in [-0.3, -0.25) is 18.9 Å². The van der Waals surface area contributed by atoms with Gasteiger partial charge in [0, 0.05) is 30.2 Å². The molecule has 0 atom stereocenters. The second kappa shape index (κ2) is 15.0. The molecule has 3 aromatic heterocycles. The van der Waals surface area contributed by atoms with Gasteiger partial charge in [-0.15, -0.1) is 0 Å². The number of rotatable bonds is 14. The van der Waals surface area contributed by atoms with Crippen molar-refractivity contribution in [2.45, 2.75) is 78.9 Å². The quantitative estimate of drug-likeness (QED) is 0.139. The SMILES string of the molecule is CCCCc1nc(C)c(C(=O)Nc2cc(C)on2)c(=O)n1Cc1ccc(-c2ccccc2S(=O)(=O)Nc2noc(C)c2C)c(COCC)c1. The zero-order valence-electron chi connectivity index (χ0n) is 28.4. The van der Waals surface area contributed by atoms with Crippen LogP contribution in [0.4, 0.5) is 11.6 Å². The van der Waals surface area contributed by atoms with E-state index in [1.807, 2.05) is 25.1 Å². The number of unbranched alkanes of at least 4 members (excludes halogenated alkanes) is 1. The first-order valence-corrected chi connectivity index (χ1v) is 17.5. The van der Waals surface area contributed by atoms with Gasteiger partial charge >= 0.3 is 0 Å². The van der Waals surface area contributed by atoms with Crippen molar-refractivity contribution in [3.8, 4) is 11.1 Å². The van der Waals surface area contributed by atoms with E-state index in [9.17, 15) is 18.0 Å². The molecule has 49 heavy (non-hydrogen) atoms. The zero-order chi connectivity index (χ0) is 35.3. The number of nitrogens with one attached hydrogen (secondary N) is 2. The maximum Gasteiger partial charge on any atom is 0.266 e. The van der Waals surface area contributed by atoms with Gasteiger partial charge in [-0.2, -0.15) is 0 Å². The molecular formula is C35H40N6O7S. The van der Waals surface area contributed by atoms with E-state index in [0.29, 0.717) is 52.8 Å². The number of sulfonamides is 1. The fourth-order valence-corrected chi connectivity index (χ4v) is 6.69. The fourth-order valence-electron chi connectivity index (χ4n) is 5.41. The number of benzene rings is 2. The molecule has 2 N–H and O–H groups in total. The number of hydrogen-bond acceptors (Lipinski definition) is 10. The van der Waals surface area contributed by atoms with Crippen LogP contribution in [0, 0.1) is 27.7 Å². The summed E-state index contributed by atoms with van der Waals surface area (Å²) in [5.41, 5.74) is 2.93. The lowest BCUT2D eigenvalue weighted by atomic mass is 9.97. The normalized spacial score (nSPS) is 11.6. The Bertz CT molecular complexity index is 2150. The molecule has 0 saturated heterocycles. The second-order valence-electron chi connectivity index (χ2n) is 11.7. The van der Waals surface area contributed by atoms with Gasteiger partial charge < -0.3 is 19.1 Å². The van der Waals surface area contributed by atoms with Crippen molar-refractivity contribution >= 4 is 27.6 Å². The molecular weight excluding hydrogens is 648 g/mol. The first kappa shape index (κ1) is 35.2. The van der Waals surface area contributed by atoms with Gasteiger partial charge in [-0.1, -0.05) is 60.1 Å². The number of hydrogen-bond donors (Lipinski definition) is 2. The smallest absolute Gasteiger partial charge is 0.266 e. The Morgan fingerprint density at radius 3 is 2.43 bits per heavy atom. The Balaban J connectivity index is 1.55. The fraction of sp³-hybridized carbons (Fsp3) is 0.343. The summed E-state index contributed by atoms with van der Waals surface area (Å²) in [6.45, 7) is 11.5. The molecule has 0 radical (unpaired) electrons. The molecule has 0 saturated carbocycles. The van der Waals surface area contributed by atoms with E-state index in [4.69, 9.17) is 18.8 Å². The van der Waals surface area contributed by atoms with E-state index in [2.05, 4.69) is 27.3 Å². The van der Waals surface area contributed by atoms with Gasteiger partial charge in [0.2, 0.25) is 0 Å². The predicted molar refractivity (Wildman–Crippen MR) is 184 cm³/mol. The van der Waals surface area contributed by atoms with E-state index >= 15 is 0 Å². The van der Waals surface area contributed by atoms with Crippen LogP contribution in [0.5, 0.6) is 0 Å². The molecule has 0 unspecified atom stereocenters. The van der Waals surface area contributed by atoms with Crippen LogP contribution in [0.15, 0.2) is 67.3 Å². The average Bonchev–Trinajstić information content (AvgIpc) is 3.62. The summed E-state index contributed by atoms with van der Waals surface area (Å²) in [5.74, 6) is 1.28. The van der Waals surface area contributed by atoms with Crippen molar-refractivity contribution in [2.75, 3.05) is 16.6 Å². The molecule has 14 heteroatoms. The molecule has 258 valence electrons. The lowest BCUT2D eigenvalue weighted by Crippen LogP contribution is -2.34. The Morgan fingerprint density at radius 2 is 1.76 bits per heavy atom. The topological polar surface area (TPSA) is 171 Å². The summed E-state index contributed by atoms with van der Waals surface area (Å²) in [4.78, 5) is 32.0. The van der Waals surface area contributed by atoms with Crippen molar-refractivity contribution in [2.24, 2.45) is 0 Å². The third kappa shape index (κ3) is 7.81. The van der Waals surface area contributed by atoms with Crippen LogP contribution in [-0.4, -0.2) is 40.8 Å². The first-order chi connectivity index (χ1) is 23.4. The first-order valence-electron chi connectivity index (χ1n) is 16.0. The highest BCUT2D eigenvalue weighted by molar-refractivity contribution is 7.92. The van der Waals surface area contributed by atoms with E-state index in [0.717, 1.165) is 24.0 Å². The minimum absolute atomic E-state index is 0.0549. The molecule has 0 fully saturated rings.